The zero-order chi connectivity index (χ0) is 8.53. The van der Waals surface area contributed by atoms with Gasteiger partial charge in [-0.15, -0.1) is 0 Å². The maximum Gasteiger partial charge on any atom is 0.0000480 e. The Morgan fingerprint density at radius 3 is 2.55 bits per heavy atom. The minimum absolute atomic E-state index is 0.536. The number of thiol groups is 1. The number of hydrogen-bond donors (Lipinski definition) is 2. The van der Waals surface area contributed by atoms with Crippen molar-refractivity contribution in [3.05, 3.63) is 0 Å². The highest BCUT2D eigenvalue weighted by Crippen LogP contribution is 1.97. The van der Waals surface area contributed by atoms with E-state index in [1.807, 2.05) is 0 Å². The van der Waals surface area contributed by atoms with Gasteiger partial charge in [0.2, 0.25) is 0 Å². The minimum atomic E-state index is 0.536. The molecule has 2 heteroatoms. The quantitative estimate of drug-likeness (QED) is 0.447. The van der Waals surface area contributed by atoms with Crippen LogP contribution in [-0.4, -0.2) is 18.3 Å². The Balaban J connectivity index is 2.80. The Bertz CT molecular complexity index is 74.0. The summed E-state index contributed by atoms with van der Waals surface area (Å²) in [5.74, 6) is 0. The van der Waals surface area contributed by atoms with E-state index < -0.39 is 0 Å². The molecule has 11 heavy (non-hydrogen) atoms. The molecule has 68 valence electrons. The highest BCUT2D eigenvalue weighted by atomic mass is 32.1. The summed E-state index contributed by atoms with van der Waals surface area (Å²) in [4.78, 5) is 0. The second kappa shape index (κ2) is 8.41. The van der Waals surface area contributed by atoms with Crippen molar-refractivity contribution in [2.45, 2.75) is 44.8 Å². The summed E-state index contributed by atoms with van der Waals surface area (Å²) in [6, 6.07) is 0. The molecule has 0 aliphatic heterocycles. The first-order chi connectivity index (χ1) is 5.27. The Morgan fingerprint density at radius 2 is 2.00 bits per heavy atom. The number of nitrogens with one attached hydrogen (secondary N) is 1. The van der Waals surface area contributed by atoms with Crippen molar-refractivity contribution >= 4 is 12.6 Å². The van der Waals surface area contributed by atoms with Crippen LogP contribution in [-0.2, 0) is 0 Å². The van der Waals surface area contributed by atoms with Gasteiger partial charge in [0.1, 0.15) is 0 Å². The molecule has 0 amide bonds. The van der Waals surface area contributed by atoms with E-state index in [2.05, 4.69) is 31.8 Å². The monoisotopic (exact) mass is 175 g/mol. The van der Waals surface area contributed by atoms with Crippen molar-refractivity contribution in [1.29, 1.82) is 0 Å². The number of hydrogen-bond acceptors (Lipinski definition) is 2. The van der Waals surface area contributed by atoms with E-state index in [1.54, 1.807) is 0 Å². The summed E-state index contributed by atoms with van der Waals surface area (Å²) >= 11 is 4.30. The molecule has 0 spiro atoms. The van der Waals surface area contributed by atoms with E-state index in [0.29, 0.717) is 5.25 Å². The zero-order valence-corrected chi connectivity index (χ0v) is 8.66. The highest BCUT2D eigenvalue weighted by molar-refractivity contribution is 7.80. The van der Waals surface area contributed by atoms with Gasteiger partial charge in [-0.2, -0.15) is 12.6 Å². The van der Waals surface area contributed by atoms with E-state index in [1.165, 1.54) is 32.2 Å². The summed E-state index contributed by atoms with van der Waals surface area (Å²) in [5.41, 5.74) is 0. The van der Waals surface area contributed by atoms with Crippen LogP contribution < -0.4 is 5.32 Å². The maximum absolute atomic E-state index is 4.30. The van der Waals surface area contributed by atoms with Crippen molar-refractivity contribution in [2.24, 2.45) is 0 Å². The fourth-order valence-corrected chi connectivity index (χ4v) is 1.07. The normalized spacial score (nSPS) is 13.4. The Morgan fingerprint density at radius 1 is 1.27 bits per heavy atom. The molecular formula is C9H21NS. The molecule has 0 saturated heterocycles. The van der Waals surface area contributed by atoms with Crippen LogP contribution in [0.2, 0.25) is 0 Å². The first kappa shape index (κ1) is 11.3. The summed E-state index contributed by atoms with van der Waals surface area (Å²) < 4.78 is 0. The predicted molar refractivity (Wildman–Crippen MR) is 55.5 cm³/mol. The topological polar surface area (TPSA) is 12.0 Å². The third-order valence-electron chi connectivity index (χ3n) is 1.70. The molecule has 1 nitrogen and oxygen atoms in total. The van der Waals surface area contributed by atoms with Gasteiger partial charge in [-0.25, -0.2) is 0 Å². The lowest BCUT2D eigenvalue weighted by atomic mass is 10.2. The van der Waals surface area contributed by atoms with Crippen LogP contribution in [0.3, 0.4) is 0 Å². The van der Waals surface area contributed by atoms with Gasteiger partial charge in [0.05, 0.1) is 0 Å². The van der Waals surface area contributed by atoms with E-state index in [0.717, 1.165) is 6.54 Å². The summed E-state index contributed by atoms with van der Waals surface area (Å²) in [6.07, 6.45) is 5.15. The fraction of sp³-hybridized carbons (Fsp3) is 1.00. The molecule has 0 aromatic rings. The fourth-order valence-electron chi connectivity index (χ4n) is 0.936. The molecule has 0 heterocycles. The number of unbranched alkanes of at least 4 members (excludes halogenated alkanes) is 2. The SMILES string of the molecule is CCCCCNCCC(C)S. The first-order valence-corrected chi connectivity index (χ1v) is 5.17. The smallest absolute Gasteiger partial charge is 0.0000480 e. The lowest BCUT2D eigenvalue weighted by Gasteiger charge is -2.05. The highest BCUT2D eigenvalue weighted by Gasteiger charge is 1.92. The van der Waals surface area contributed by atoms with Crippen molar-refractivity contribution in [3.63, 3.8) is 0 Å². The third-order valence-corrected chi connectivity index (χ3v) is 1.95. The molecule has 0 saturated carbocycles. The van der Waals surface area contributed by atoms with Gasteiger partial charge >= 0.3 is 0 Å². The van der Waals surface area contributed by atoms with Crippen molar-refractivity contribution < 1.29 is 0 Å². The molecule has 1 N–H and O–H groups in total. The van der Waals surface area contributed by atoms with Gasteiger partial charge in [0.25, 0.3) is 0 Å². The Hall–Kier alpha value is 0.310. The van der Waals surface area contributed by atoms with Crippen molar-refractivity contribution in [3.8, 4) is 0 Å². The predicted octanol–water partition coefficient (Wildman–Crippen LogP) is 2.47. The van der Waals surface area contributed by atoms with E-state index in [4.69, 9.17) is 0 Å². The van der Waals surface area contributed by atoms with Crippen LogP contribution in [0.25, 0.3) is 0 Å². The molecule has 0 aromatic heterocycles. The van der Waals surface area contributed by atoms with Crippen molar-refractivity contribution in [1.82, 2.24) is 5.32 Å². The van der Waals surface area contributed by atoms with Gasteiger partial charge in [0.15, 0.2) is 0 Å². The van der Waals surface area contributed by atoms with Crippen LogP contribution in [0.5, 0.6) is 0 Å². The van der Waals surface area contributed by atoms with Crippen LogP contribution in [0, 0.1) is 0 Å². The summed E-state index contributed by atoms with van der Waals surface area (Å²) in [6.45, 7) is 6.66. The average molecular weight is 175 g/mol. The van der Waals surface area contributed by atoms with Crippen LogP contribution in [0.1, 0.15) is 39.5 Å². The minimum Gasteiger partial charge on any atom is -0.317 e. The molecule has 0 fully saturated rings. The Labute approximate surface area is 76.4 Å². The molecule has 1 unspecified atom stereocenters. The molecule has 0 aliphatic carbocycles. The maximum atomic E-state index is 4.30. The summed E-state index contributed by atoms with van der Waals surface area (Å²) in [5, 5.41) is 3.94. The van der Waals surface area contributed by atoms with Gasteiger partial charge < -0.3 is 5.32 Å². The molecule has 0 bridgehead atoms. The second-order valence-electron chi connectivity index (χ2n) is 3.09. The van der Waals surface area contributed by atoms with Gasteiger partial charge in [-0.3, -0.25) is 0 Å². The zero-order valence-electron chi connectivity index (χ0n) is 7.77. The van der Waals surface area contributed by atoms with E-state index in [-0.39, 0.29) is 0 Å². The Kier molecular flexibility index (Phi) is 8.64. The van der Waals surface area contributed by atoms with Crippen LogP contribution in [0.15, 0.2) is 0 Å². The molecular weight excluding hydrogens is 154 g/mol. The first-order valence-electron chi connectivity index (χ1n) is 4.66. The van der Waals surface area contributed by atoms with E-state index >= 15 is 0 Å². The van der Waals surface area contributed by atoms with Crippen LogP contribution in [0.4, 0.5) is 0 Å². The molecule has 1 atom stereocenters. The van der Waals surface area contributed by atoms with E-state index in [9.17, 15) is 0 Å². The van der Waals surface area contributed by atoms with Gasteiger partial charge in [-0.1, -0.05) is 26.7 Å². The molecule has 0 radical (unpaired) electrons. The standard InChI is InChI=1S/C9H21NS/c1-3-4-5-7-10-8-6-9(2)11/h9-11H,3-8H2,1-2H3. The third kappa shape index (κ3) is 10.3. The largest absolute Gasteiger partial charge is 0.317 e. The number of rotatable bonds is 7. The van der Waals surface area contributed by atoms with Crippen LogP contribution >= 0.6 is 12.6 Å². The average Bonchev–Trinajstić information content (AvgIpc) is 1.96. The second-order valence-corrected chi connectivity index (χ2v) is 3.98. The van der Waals surface area contributed by atoms with Gasteiger partial charge in [-0.05, 0) is 25.9 Å². The molecule has 0 rings (SSSR count). The molecule has 0 aromatic carbocycles. The van der Waals surface area contributed by atoms with Gasteiger partial charge in [0, 0.05) is 5.25 Å². The molecule has 0 aliphatic rings. The lowest BCUT2D eigenvalue weighted by molar-refractivity contribution is 0.599. The lowest BCUT2D eigenvalue weighted by Crippen LogP contribution is -2.18. The van der Waals surface area contributed by atoms with Crippen molar-refractivity contribution in [2.75, 3.05) is 13.1 Å². The summed E-state index contributed by atoms with van der Waals surface area (Å²) in [7, 11) is 0.